The summed E-state index contributed by atoms with van der Waals surface area (Å²) in [6.45, 7) is -0.394. The summed E-state index contributed by atoms with van der Waals surface area (Å²) in [6.07, 6.45) is -1.63. The predicted molar refractivity (Wildman–Crippen MR) is 91.9 cm³/mol. The van der Waals surface area contributed by atoms with Crippen LogP contribution in [0.25, 0.3) is 5.69 Å². The van der Waals surface area contributed by atoms with E-state index in [1.807, 2.05) is 0 Å². The van der Waals surface area contributed by atoms with Crippen molar-refractivity contribution in [1.82, 2.24) is 14.8 Å². The van der Waals surface area contributed by atoms with Crippen molar-refractivity contribution in [3.63, 3.8) is 0 Å². The highest BCUT2D eigenvalue weighted by molar-refractivity contribution is 6.31. The normalized spacial score (nSPS) is 11.3. The van der Waals surface area contributed by atoms with Gasteiger partial charge < -0.3 is 10.1 Å². The highest BCUT2D eigenvalue weighted by Gasteiger charge is 2.30. The summed E-state index contributed by atoms with van der Waals surface area (Å²) in [7, 11) is 0. The van der Waals surface area contributed by atoms with E-state index in [0.717, 1.165) is 24.3 Å². The molecule has 0 fully saturated rings. The number of halogens is 4. The lowest BCUT2D eigenvalue weighted by atomic mass is 10.2. The minimum absolute atomic E-state index is 0.140. The van der Waals surface area contributed by atoms with Crippen LogP contribution in [0.15, 0.2) is 55.1 Å². The number of aromatic nitrogens is 3. The molecule has 3 aromatic rings. The van der Waals surface area contributed by atoms with E-state index in [0.29, 0.717) is 16.4 Å². The third kappa shape index (κ3) is 4.76. The van der Waals surface area contributed by atoms with E-state index in [4.69, 9.17) is 16.3 Å². The number of hydrogen-bond donors (Lipinski definition) is 1. The first-order chi connectivity index (χ1) is 12.8. The highest BCUT2D eigenvalue weighted by Crippen LogP contribution is 2.30. The Hall–Kier alpha value is -3.07. The fraction of sp³-hybridized carbons (Fsp3) is 0.118. The van der Waals surface area contributed by atoms with Gasteiger partial charge in [-0.3, -0.25) is 4.79 Å². The first-order valence-corrected chi connectivity index (χ1v) is 7.95. The van der Waals surface area contributed by atoms with Gasteiger partial charge in [0, 0.05) is 5.02 Å². The molecule has 0 bridgehead atoms. The van der Waals surface area contributed by atoms with Crippen LogP contribution in [0.3, 0.4) is 0 Å². The van der Waals surface area contributed by atoms with E-state index >= 15 is 0 Å². The van der Waals surface area contributed by atoms with Gasteiger partial charge >= 0.3 is 6.18 Å². The SMILES string of the molecule is O=C(COc1ccc(C(F)(F)F)cc1)Nc1cc(Cl)ccc1-n1cncn1. The number of hydrogen-bond acceptors (Lipinski definition) is 4. The maximum atomic E-state index is 12.5. The van der Waals surface area contributed by atoms with Gasteiger partial charge in [-0.25, -0.2) is 9.67 Å². The van der Waals surface area contributed by atoms with Crippen molar-refractivity contribution in [3.05, 3.63) is 65.7 Å². The molecule has 1 heterocycles. The molecule has 0 saturated heterocycles. The summed E-state index contributed by atoms with van der Waals surface area (Å²) < 4.78 is 44.3. The van der Waals surface area contributed by atoms with Crippen LogP contribution < -0.4 is 10.1 Å². The molecule has 0 saturated carbocycles. The second kappa shape index (κ2) is 7.67. The highest BCUT2D eigenvalue weighted by atomic mass is 35.5. The molecule has 0 radical (unpaired) electrons. The smallest absolute Gasteiger partial charge is 0.416 e. The first-order valence-electron chi connectivity index (χ1n) is 7.57. The molecule has 0 aliphatic heterocycles. The zero-order valence-corrected chi connectivity index (χ0v) is 14.3. The molecule has 27 heavy (non-hydrogen) atoms. The Bertz CT molecular complexity index is 928. The number of alkyl halides is 3. The number of amides is 1. The Kier molecular flexibility index (Phi) is 5.31. The van der Waals surface area contributed by atoms with Gasteiger partial charge in [-0.1, -0.05) is 11.6 Å². The standard InChI is InChI=1S/C17H12ClF3N4O2/c18-12-3-6-15(25-10-22-9-23-25)14(7-12)24-16(26)8-27-13-4-1-11(2-5-13)17(19,20)21/h1-7,9-10H,8H2,(H,24,26). The van der Waals surface area contributed by atoms with E-state index in [9.17, 15) is 18.0 Å². The lowest BCUT2D eigenvalue weighted by Crippen LogP contribution is -2.21. The molecule has 0 spiro atoms. The first kappa shape index (κ1) is 18.7. The van der Waals surface area contributed by atoms with Crippen molar-refractivity contribution in [2.24, 2.45) is 0 Å². The molecule has 6 nitrogen and oxygen atoms in total. The molecule has 0 atom stereocenters. The molecule has 0 aliphatic carbocycles. The second-order valence-corrected chi connectivity index (χ2v) is 5.80. The van der Waals surface area contributed by atoms with Gasteiger partial charge in [-0.05, 0) is 42.5 Å². The lowest BCUT2D eigenvalue weighted by molar-refractivity contribution is -0.137. The number of anilines is 1. The summed E-state index contributed by atoms with van der Waals surface area (Å²) in [5.41, 5.74) is 0.129. The maximum Gasteiger partial charge on any atom is 0.416 e. The number of rotatable bonds is 5. The number of benzene rings is 2. The Morgan fingerprint density at radius 2 is 1.93 bits per heavy atom. The minimum atomic E-state index is -4.43. The van der Waals surface area contributed by atoms with E-state index < -0.39 is 24.3 Å². The van der Waals surface area contributed by atoms with Crippen LogP contribution in [0.1, 0.15) is 5.56 Å². The molecular weight excluding hydrogens is 385 g/mol. The molecule has 1 N–H and O–H groups in total. The summed E-state index contributed by atoms with van der Waals surface area (Å²) in [4.78, 5) is 16.0. The quantitative estimate of drug-likeness (QED) is 0.709. The van der Waals surface area contributed by atoms with E-state index in [1.54, 1.807) is 12.1 Å². The van der Waals surface area contributed by atoms with Gasteiger partial charge in [-0.2, -0.15) is 18.3 Å². The topological polar surface area (TPSA) is 69.0 Å². The number of nitrogens with zero attached hydrogens (tertiary/aromatic N) is 3. The summed E-state index contributed by atoms with van der Waals surface area (Å²) in [5, 5.41) is 7.02. The largest absolute Gasteiger partial charge is 0.484 e. The fourth-order valence-electron chi connectivity index (χ4n) is 2.22. The molecule has 1 aromatic heterocycles. The summed E-state index contributed by atoms with van der Waals surface area (Å²) in [5.74, 6) is -0.376. The Morgan fingerprint density at radius 3 is 2.56 bits per heavy atom. The van der Waals surface area contributed by atoms with Gasteiger partial charge in [0.1, 0.15) is 18.4 Å². The summed E-state index contributed by atoms with van der Waals surface area (Å²) >= 11 is 5.97. The fourth-order valence-corrected chi connectivity index (χ4v) is 2.39. The lowest BCUT2D eigenvalue weighted by Gasteiger charge is -2.12. The van der Waals surface area contributed by atoms with Gasteiger partial charge in [0.15, 0.2) is 6.61 Å². The van der Waals surface area contributed by atoms with E-state index in [-0.39, 0.29) is 5.75 Å². The molecule has 3 rings (SSSR count). The maximum absolute atomic E-state index is 12.5. The average Bonchev–Trinajstić information content (AvgIpc) is 3.14. The average molecular weight is 397 g/mol. The zero-order valence-electron chi connectivity index (χ0n) is 13.6. The van der Waals surface area contributed by atoms with Crippen LogP contribution in [-0.4, -0.2) is 27.3 Å². The van der Waals surface area contributed by atoms with Crippen LogP contribution in [0, 0.1) is 0 Å². The summed E-state index contributed by atoms with van der Waals surface area (Å²) in [6, 6.07) is 8.89. The minimum Gasteiger partial charge on any atom is -0.484 e. The monoisotopic (exact) mass is 396 g/mol. The zero-order chi connectivity index (χ0) is 19.4. The van der Waals surface area contributed by atoms with Crippen LogP contribution in [0.5, 0.6) is 5.75 Å². The Labute approximate surface area is 156 Å². The number of carbonyl (C=O) groups excluding carboxylic acids is 1. The van der Waals surface area contributed by atoms with Crippen LogP contribution in [0.4, 0.5) is 18.9 Å². The third-order valence-corrected chi connectivity index (χ3v) is 3.68. The molecule has 10 heteroatoms. The molecule has 1 amide bonds. The van der Waals surface area contributed by atoms with Gasteiger partial charge in [0.25, 0.3) is 5.91 Å². The molecule has 0 aliphatic rings. The van der Waals surface area contributed by atoms with E-state index in [2.05, 4.69) is 15.4 Å². The Morgan fingerprint density at radius 1 is 1.19 bits per heavy atom. The molecule has 2 aromatic carbocycles. The van der Waals surface area contributed by atoms with E-state index in [1.165, 1.54) is 23.4 Å². The van der Waals surface area contributed by atoms with Gasteiger partial charge in [0.05, 0.1) is 16.9 Å². The number of ether oxygens (including phenoxy) is 1. The predicted octanol–water partition coefficient (Wildman–Crippen LogP) is 3.96. The second-order valence-electron chi connectivity index (χ2n) is 5.36. The Balaban J connectivity index is 1.66. The van der Waals surface area contributed by atoms with Crippen LogP contribution >= 0.6 is 11.6 Å². The van der Waals surface area contributed by atoms with Crippen LogP contribution in [0.2, 0.25) is 5.02 Å². The number of carbonyl (C=O) groups is 1. The number of nitrogens with one attached hydrogen (secondary N) is 1. The van der Waals surface area contributed by atoms with Crippen molar-refractivity contribution in [2.75, 3.05) is 11.9 Å². The molecular formula is C17H12ClF3N4O2. The van der Waals surface area contributed by atoms with Crippen LogP contribution in [-0.2, 0) is 11.0 Å². The van der Waals surface area contributed by atoms with Gasteiger partial charge in [0.2, 0.25) is 0 Å². The third-order valence-electron chi connectivity index (χ3n) is 3.45. The van der Waals surface area contributed by atoms with Crippen molar-refractivity contribution in [3.8, 4) is 11.4 Å². The van der Waals surface area contributed by atoms with Gasteiger partial charge in [-0.15, -0.1) is 0 Å². The van der Waals surface area contributed by atoms with Crippen molar-refractivity contribution < 1.29 is 22.7 Å². The molecule has 140 valence electrons. The van der Waals surface area contributed by atoms with Crippen molar-refractivity contribution >= 4 is 23.2 Å². The van der Waals surface area contributed by atoms with Crippen molar-refractivity contribution in [1.29, 1.82) is 0 Å². The molecule has 0 unspecified atom stereocenters. The van der Waals surface area contributed by atoms with Crippen molar-refractivity contribution in [2.45, 2.75) is 6.18 Å².